The van der Waals surface area contributed by atoms with Gasteiger partial charge in [0.15, 0.2) is 0 Å². The molecule has 1 rings (SSSR count). The maximum absolute atomic E-state index is 10.6. The van der Waals surface area contributed by atoms with Gasteiger partial charge in [-0.05, 0) is 6.42 Å². The smallest absolute Gasteiger partial charge is 0.257 e. The molecular formula is C7H15N3O3. The van der Waals surface area contributed by atoms with Gasteiger partial charge in [-0.15, -0.1) is 0 Å². The van der Waals surface area contributed by atoms with Crippen LogP contribution in [0.5, 0.6) is 0 Å². The number of β-amino-alcohol motifs (C(OH)–C–C–N with tert-alkyl or cyclic N) is 1. The molecule has 1 fully saturated rings. The topological polar surface area (TPSA) is 96.6 Å². The number of hydroxylamine groups is 1. The number of nitrogens with one attached hydrogen (secondary N) is 2. The number of nitrogens with two attached hydrogens (primary N) is 1. The fourth-order valence-electron chi connectivity index (χ4n) is 1.19. The lowest BCUT2D eigenvalue weighted by Crippen LogP contribution is -2.35. The van der Waals surface area contributed by atoms with E-state index in [0.717, 1.165) is 0 Å². The quantitative estimate of drug-likeness (QED) is 0.373. The van der Waals surface area contributed by atoms with Crippen molar-refractivity contribution in [3.05, 3.63) is 0 Å². The zero-order valence-corrected chi connectivity index (χ0v) is 7.32. The van der Waals surface area contributed by atoms with Gasteiger partial charge >= 0.3 is 0 Å². The Balaban J connectivity index is 2.03. The van der Waals surface area contributed by atoms with Gasteiger partial charge < -0.3 is 16.2 Å². The molecule has 76 valence electrons. The summed E-state index contributed by atoms with van der Waals surface area (Å²) in [5.74, 6) is -0.349. The number of aliphatic hydroxyl groups excluding tert-OH is 1. The molecule has 0 aliphatic carbocycles. The van der Waals surface area contributed by atoms with Gasteiger partial charge in [0.25, 0.3) is 5.91 Å². The molecule has 0 radical (unpaired) electrons. The summed E-state index contributed by atoms with van der Waals surface area (Å²) in [5.41, 5.74) is 7.23. The van der Waals surface area contributed by atoms with Gasteiger partial charge in [-0.3, -0.25) is 9.63 Å². The highest BCUT2D eigenvalue weighted by atomic mass is 16.7. The zero-order valence-electron chi connectivity index (χ0n) is 7.32. The van der Waals surface area contributed by atoms with Gasteiger partial charge in [0, 0.05) is 12.6 Å². The molecule has 1 amide bonds. The summed E-state index contributed by atoms with van der Waals surface area (Å²) in [6, 6.07) is 0.105. The fraction of sp³-hybridized carbons (Fsp3) is 0.857. The van der Waals surface area contributed by atoms with E-state index in [1.54, 1.807) is 0 Å². The number of hydrogen-bond acceptors (Lipinski definition) is 5. The van der Waals surface area contributed by atoms with Crippen LogP contribution in [0.3, 0.4) is 0 Å². The van der Waals surface area contributed by atoms with E-state index in [4.69, 9.17) is 15.7 Å². The van der Waals surface area contributed by atoms with E-state index in [-0.39, 0.29) is 24.6 Å². The molecule has 6 nitrogen and oxygen atoms in total. The number of carbonyl (C=O) groups excluding carboxylic acids is 1. The monoisotopic (exact) mass is 189 g/mol. The lowest BCUT2D eigenvalue weighted by Gasteiger charge is -2.10. The van der Waals surface area contributed by atoms with Crippen molar-refractivity contribution in [3.8, 4) is 0 Å². The van der Waals surface area contributed by atoms with E-state index >= 15 is 0 Å². The maximum atomic E-state index is 10.6. The Hall–Kier alpha value is -0.690. The Kier molecular flexibility index (Phi) is 4.10. The number of carbonyl (C=O) groups is 1. The second-order valence-corrected chi connectivity index (χ2v) is 3.04. The normalized spacial score (nSPS) is 27.5. The third kappa shape index (κ3) is 3.69. The van der Waals surface area contributed by atoms with Crippen LogP contribution in [0.15, 0.2) is 0 Å². The van der Waals surface area contributed by atoms with Gasteiger partial charge in [-0.2, -0.15) is 0 Å². The van der Waals surface area contributed by atoms with E-state index < -0.39 is 0 Å². The van der Waals surface area contributed by atoms with Crippen LogP contribution in [-0.4, -0.2) is 42.9 Å². The summed E-state index contributed by atoms with van der Waals surface area (Å²) >= 11 is 0. The number of hydrogen-bond donors (Lipinski definition) is 4. The van der Waals surface area contributed by atoms with Gasteiger partial charge in [-0.1, -0.05) is 0 Å². The molecule has 0 bridgehead atoms. The van der Waals surface area contributed by atoms with E-state index in [2.05, 4.69) is 10.8 Å². The predicted octanol–water partition coefficient (Wildman–Crippen LogP) is -2.28. The van der Waals surface area contributed by atoms with E-state index in [1.165, 1.54) is 0 Å². The van der Waals surface area contributed by atoms with Crippen LogP contribution in [0.4, 0.5) is 0 Å². The van der Waals surface area contributed by atoms with Crippen molar-refractivity contribution in [3.63, 3.8) is 0 Å². The summed E-state index contributed by atoms with van der Waals surface area (Å²) in [7, 11) is 0. The summed E-state index contributed by atoms with van der Waals surface area (Å²) in [4.78, 5) is 15.5. The summed E-state index contributed by atoms with van der Waals surface area (Å²) < 4.78 is 0. The number of amides is 1. The SMILES string of the molecule is NCC(=O)NOCC1C[C@@H](O)CN1. The fourth-order valence-corrected chi connectivity index (χ4v) is 1.19. The molecule has 0 aromatic carbocycles. The van der Waals surface area contributed by atoms with Crippen LogP contribution in [0.2, 0.25) is 0 Å². The molecule has 0 spiro atoms. The largest absolute Gasteiger partial charge is 0.392 e. The van der Waals surface area contributed by atoms with Gasteiger partial charge in [0.1, 0.15) is 0 Å². The van der Waals surface area contributed by atoms with Crippen molar-refractivity contribution in [2.24, 2.45) is 5.73 Å². The van der Waals surface area contributed by atoms with Crippen LogP contribution in [0, 0.1) is 0 Å². The molecule has 0 aromatic heterocycles. The Bertz CT molecular complexity index is 176. The van der Waals surface area contributed by atoms with Crippen molar-refractivity contribution in [1.29, 1.82) is 0 Å². The molecule has 5 N–H and O–H groups in total. The number of aliphatic hydroxyl groups is 1. The molecule has 1 saturated heterocycles. The lowest BCUT2D eigenvalue weighted by molar-refractivity contribution is -0.132. The van der Waals surface area contributed by atoms with Crippen molar-refractivity contribution >= 4 is 5.91 Å². The minimum atomic E-state index is -0.349. The Morgan fingerprint density at radius 2 is 2.54 bits per heavy atom. The first-order valence-electron chi connectivity index (χ1n) is 4.24. The summed E-state index contributed by atoms with van der Waals surface area (Å²) in [6.45, 7) is 0.850. The van der Waals surface area contributed by atoms with Crippen LogP contribution < -0.4 is 16.5 Å². The zero-order chi connectivity index (χ0) is 9.68. The Labute approximate surface area is 76.4 Å². The first kappa shape index (κ1) is 10.4. The molecule has 0 aromatic rings. The molecule has 0 saturated carbocycles. The molecule has 1 unspecified atom stereocenters. The minimum Gasteiger partial charge on any atom is -0.392 e. The molecule has 1 aliphatic heterocycles. The maximum Gasteiger partial charge on any atom is 0.257 e. The molecule has 2 atom stereocenters. The second kappa shape index (κ2) is 5.13. The molecule has 1 aliphatic rings. The highest BCUT2D eigenvalue weighted by Crippen LogP contribution is 2.05. The first-order chi connectivity index (χ1) is 6.22. The van der Waals surface area contributed by atoms with E-state index in [9.17, 15) is 4.79 Å². The van der Waals surface area contributed by atoms with Crippen LogP contribution >= 0.6 is 0 Å². The van der Waals surface area contributed by atoms with Crippen LogP contribution in [-0.2, 0) is 9.63 Å². The van der Waals surface area contributed by atoms with Crippen LogP contribution in [0.1, 0.15) is 6.42 Å². The Morgan fingerprint density at radius 3 is 3.08 bits per heavy atom. The van der Waals surface area contributed by atoms with Crippen molar-refractivity contribution < 1.29 is 14.7 Å². The van der Waals surface area contributed by atoms with Crippen molar-refractivity contribution in [2.75, 3.05) is 19.7 Å². The highest BCUT2D eigenvalue weighted by molar-refractivity contribution is 5.76. The van der Waals surface area contributed by atoms with Gasteiger partial charge in [0.2, 0.25) is 0 Å². The minimum absolute atomic E-state index is 0.0826. The first-order valence-corrected chi connectivity index (χ1v) is 4.24. The van der Waals surface area contributed by atoms with Crippen molar-refractivity contribution in [1.82, 2.24) is 10.8 Å². The third-order valence-electron chi connectivity index (χ3n) is 1.85. The average Bonchev–Trinajstić information content (AvgIpc) is 2.51. The second-order valence-electron chi connectivity index (χ2n) is 3.04. The average molecular weight is 189 g/mol. The van der Waals surface area contributed by atoms with Crippen molar-refractivity contribution in [2.45, 2.75) is 18.6 Å². The van der Waals surface area contributed by atoms with Crippen LogP contribution in [0.25, 0.3) is 0 Å². The summed E-state index contributed by atoms with van der Waals surface area (Å²) in [6.07, 6.45) is 0.345. The predicted molar refractivity (Wildman–Crippen MR) is 45.6 cm³/mol. The summed E-state index contributed by atoms with van der Waals surface area (Å²) in [5, 5.41) is 12.2. The lowest BCUT2D eigenvalue weighted by atomic mass is 10.2. The highest BCUT2D eigenvalue weighted by Gasteiger charge is 2.22. The molecule has 13 heavy (non-hydrogen) atoms. The van der Waals surface area contributed by atoms with Gasteiger partial charge in [-0.25, -0.2) is 5.48 Å². The molecule has 1 heterocycles. The standard InChI is InChI=1S/C7H15N3O3/c8-2-7(12)10-13-4-5-1-6(11)3-9-5/h5-6,9,11H,1-4,8H2,(H,10,12)/t5?,6-/m1/s1. The number of rotatable bonds is 4. The van der Waals surface area contributed by atoms with E-state index in [0.29, 0.717) is 19.6 Å². The van der Waals surface area contributed by atoms with E-state index in [1.807, 2.05) is 0 Å². The molecular weight excluding hydrogens is 174 g/mol. The van der Waals surface area contributed by atoms with Gasteiger partial charge in [0.05, 0.1) is 19.3 Å². The Morgan fingerprint density at radius 1 is 1.77 bits per heavy atom. The third-order valence-corrected chi connectivity index (χ3v) is 1.85. The molecule has 6 heteroatoms.